The summed E-state index contributed by atoms with van der Waals surface area (Å²) in [6, 6.07) is 1.60. The molecule has 0 aliphatic carbocycles. The number of halogens is 2. The Labute approximate surface area is 225 Å². The molecule has 2 aliphatic rings. The van der Waals surface area contributed by atoms with Gasteiger partial charge < -0.3 is 37.9 Å². The summed E-state index contributed by atoms with van der Waals surface area (Å²) in [5, 5.41) is 11.2. The maximum atomic E-state index is 11.7. The van der Waals surface area contributed by atoms with Gasteiger partial charge in [-0.25, -0.2) is 9.59 Å². The molecular formula is C20H17I2NO12. The first-order valence-corrected chi connectivity index (χ1v) is 11.5. The van der Waals surface area contributed by atoms with Crippen molar-refractivity contribution in [2.24, 2.45) is 0 Å². The van der Waals surface area contributed by atoms with Crippen LogP contribution in [0.1, 0.15) is 20.7 Å². The maximum Gasteiger partial charge on any atom is 0.346 e. The molecule has 0 radical (unpaired) electrons. The van der Waals surface area contributed by atoms with Crippen LogP contribution in [0.3, 0.4) is 0 Å². The van der Waals surface area contributed by atoms with E-state index in [1.54, 1.807) is 28.7 Å². The number of nitro groups is 1. The third kappa shape index (κ3) is 4.91. The number of hydrogen-bond acceptors (Lipinski definition) is 12. The predicted octanol–water partition coefficient (Wildman–Crippen LogP) is 3.54. The van der Waals surface area contributed by atoms with Crippen LogP contribution in [0, 0.1) is 17.3 Å². The first-order valence-electron chi connectivity index (χ1n) is 9.37. The number of hydrogen-bond donors (Lipinski definition) is 0. The zero-order chi connectivity index (χ0) is 25.9. The summed E-state index contributed by atoms with van der Waals surface area (Å²) in [6.45, 7) is -0.0420. The van der Waals surface area contributed by atoms with E-state index in [1.807, 2.05) is 22.6 Å². The van der Waals surface area contributed by atoms with Gasteiger partial charge in [-0.15, -0.1) is 0 Å². The molecule has 0 atom stereocenters. The highest BCUT2D eigenvalue weighted by Gasteiger charge is 2.39. The molecule has 13 nitrogen and oxygen atoms in total. The van der Waals surface area contributed by atoms with E-state index >= 15 is 0 Å². The van der Waals surface area contributed by atoms with Gasteiger partial charge in [0.1, 0.15) is 0 Å². The van der Waals surface area contributed by atoms with E-state index in [0.717, 1.165) is 7.11 Å². The molecule has 2 heterocycles. The van der Waals surface area contributed by atoms with E-state index in [-0.39, 0.29) is 40.0 Å². The standard InChI is InChI=1S/C10H8INO7.C10H9IO5/c1-16-7-5(11)4(10(13)17-2)6(12(14)15)8-9(7)19-3-18-8;1-13-9-7(11)5(10(12)14-2)3-6-8(9)16-4-15-6/h3H2,1-2H3;3H,4H2,1-2H3. The van der Waals surface area contributed by atoms with Crippen molar-refractivity contribution in [2.75, 3.05) is 42.0 Å². The average Bonchev–Trinajstić information content (AvgIpc) is 3.51. The van der Waals surface area contributed by atoms with E-state index in [0.29, 0.717) is 26.4 Å². The largest absolute Gasteiger partial charge is 0.492 e. The van der Waals surface area contributed by atoms with Crippen molar-refractivity contribution >= 4 is 62.8 Å². The van der Waals surface area contributed by atoms with E-state index in [1.165, 1.54) is 21.3 Å². The van der Waals surface area contributed by atoms with Crippen molar-refractivity contribution in [1.29, 1.82) is 0 Å². The van der Waals surface area contributed by atoms with Crippen LogP contribution in [0.2, 0.25) is 0 Å². The monoisotopic (exact) mass is 717 g/mol. The van der Waals surface area contributed by atoms with Crippen LogP contribution in [0.25, 0.3) is 0 Å². The number of nitro benzene ring substituents is 1. The summed E-state index contributed by atoms with van der Waals surface area (Å²) in [5.74, 6) is 0.454. The van der Waals surface area contributed by atoms with Crippen molar-refractivity contribution in [1.82, 2.24) is 0 Å². The number of carbonyl (C=O) groups excluding carboxylic acids is 2. The average molecular weight is 717 g/mol. The summed E-state index contributed by atoms with van der Waals surface area (Å²) in [5.41, 5.74) is -0.289. The Morgan fingerprint density at radius 1 is 0.857 bits per heavy atom. The number of nitrogens with zero attached hydrogens (tertiary/aromatic N) is 1. The Hall–Kier alpha value is -2.96. The van der Waals surface area contributed by atoms with Gasteiger partial charge >= 0.3 is 17.6 Å². The van der Waals surface area contributed by atoms with Gasteiger partial charge in [-0.3, -0.25) is 10.1 Å². The third-order valence-corrected chi connectivity index (χ3v) is 6.73. The zero-order valence-corrected chi connectivity index (χ0v) is 22.9. The number of benzene rings is 2. The van der Waals surface area contributed by atoms with Gasteiger partial charge in [-0.2, -0.15) is 0 Å². The molecule has 0 amide bonds. The molecule has 4 rings (SSSR count). The fourth-order valence-electron chi connectivity index (χ4n) is 3.13. The summed E-state index contributed by atoms with van der Waals surface area (Å²) in [6.07, 6.45) is 0. The second-order valence-corrected chi connectivity index (χ2v) is 8.54. The van der Waals surface area contributed by atoms with Crippen molar-refractivity contribution in [3.63, 3.8) is 0 Å². The van der Waals surface area contributed by atoms with Crippen LogP contribution >= 0.6 is 45.2 Å². The van der Waals surface area contributed by atoms with Crippen molar-refractivity contribution in [3.05, 3.63) is 34.4 Å². The minimum Gasteiger partial charge on any atom is -0.492 e. The maximum absolute atomic E-state index is 11.7. The molecule has 0 saturated carbocycles. The fraction of sp³-hybridized carbons (Fsp3) is 0.300. The van der Waals surface area contributed by atoms with Crippen LogP contribution in [0.15, 0.2) is 6.07 Å². The SMILES string of the molecule is COC(=O)c1c(I)c(OC)c2c(c1[N+](=O)[O-])OCO2.COC(=O)c1cc2c(c(OC)c1I)OCO2. The Kier molecular flexibility index (Phi) is 8.51. The lowest BCUT2D eigenvalue weighted by molar-refractivity contribution is -0.386. The molecule has 2 aliphatic heterocycles. The topological polar surface area (TPSA) is 151 Å². The van der Waals surface area contributed by atoms with Gasteiger partial charge in [-0.05, 0) is 45.2 Å². The highest BCUT2D eigenvalue weighted by atomic mass is 127. The van der Waals surface area contributed by atoms with Crippen molar-refractivity contribution < 1.29 is 52.4 Å². The van der Waals surface area contributed by atoms with Gasteiger partial charge in [0.05, 0.1) is 46.1 Å². The van der Waals surface area contributed by atoms with E-state index < -0.39 is 22.5 Å². The third-order valence-electron chi connectivity index (χ3n) is 4.63. The van der Waals surface area contributed by atoms with E-state index in [2.05, 4.69) is 9.47 Å². The minimum absolute atomic E-state index is 0.117. The first-order chi connectivity index (χ1) is 16.7. The minimum atomic E-state index is -0.840. The van der Waals surface area contributed by atoms with Gasteiger partial charge in [0.15, 0.2) is 22.8 Å². The lowest BCUT2D eigenvalue weighted by atomic mass is 10.1. The Balaban J connectivity index is 0.000000198. The van der Waals surface area contributed by atoms with Crippen LogP contribution < -0.4 is 28.4 Å². The van der Waals surface area contributed by atoms with Crippen LogP contribution in [0.4, 0.5) is 5.69 Å². The molecule has 0 spiro atoms. The van der Waals surface area contributed by atoms with E-state index in [4.69, 9.17) is 28.4 Å². The molecule has 0 saturated heterocycles. The summed E-state index contributed by atoms with van der Waals surface area (Å²) in [7, 11) is 5.35. The van der Waals surface area contributed by atoms with Crippen LogP contribution in [-0.2, 0) is 9.47 Å². The highest BCUT2D eigenvalue weighted by molar-refractivity contribution is 14.1. The lowest BCUT2D eigenvalue weighted by Gasteiger charge is -2.11. The summed E-state index contributed by atoms with van der Waals surface area (Å²) >= 11 is 3.78. The van der Waals surface area contributed by atoms with E-state index in [9.17, 15) is 19.7 Å². The second kappa shape index (κ2) is 11.2. The normalized spacial score (nSPS) is 12.3. The van der Waals surface area contributed by atoms with Gasteiger partial charge in [-0.1, -0.05) is 0 Å². The highest BCUT2D eigenvalue weighted by Crippen LogP contribution is 2.52. The van der Waals surface area contributed by atoms with Gasteiger partial charge in [0.25, 0.3) is 0 Å². The number of fused-ring (bicyclic) bond motifs is 2. The molecule has 0 bridgehead atoms. The molecule has 0 aromatic heterocycles. The van der Waals surface area contributed by atoms with Crippen LogP contribution in [-0.4, -0.2) is 58.9 Å². The van der Waals surface area contributed by atoms with Gasteiger partial charge in [0, 0.05) is 6.07 Å². The van der Waals surface area contributed by atoms with Crippen molar-refractivity contribution in [2.45, 2.75) is 0 Å². The smallest absolute Gasteiger partial charge is 0.346 e. The molecular weight excluding hydrogens is 700 g/mol. The summed E-state index contributed by atoms with van der Waals surface area (Å²) < 4.78 is 41.2. The zero-order valence-electron chi connectivity index (χ0n) is 18.6. The number of rotatable bonds is 5. The van der Waals surface area contributed by atoms with Crippen molar-refractivity contribution in [3.8, 4) is 34.5 Å². The fourth-order valence-corrected chi connectivity index (χ4v) is 4.91. The lowest BCUT2D eigenvalue weighted by Crippen LogP contribution is -2.10. The van der Waals surface area contributed by atoms with Crippen LogP contribution in [0.5, 0.6) is 34.5 Å². The molecule has 0 unspecified atom stereocenters. The molecule has 0 N–H and O–H groups in total. The Morgan fingerprint density at radius 3 is 1.97 bits per heavy atom. The Bertz CT molecular complexity index is 1200. The summed E-state index contributed by atoms with van der Waals surface area (Å²) in [4.78, 5) is 33.7. The molecule has 2 aromatic rings. The number of ether oxygens (including phenoxy) is 8. The molecule has 0 fully saturated rings. The second-order valence-electron chi connectivity index (χ2n) is 6.38. The number of methoxy groups -OCH3 is 4. The predicted molar refractivity (Wildman–Crippen MR) is 133 cm³/mol. The number of carbonyl (C=O) groups is 2. The first kappa shape index (κ1) is 26.6. The molecule has 188 valence electrons. The number of esters is 2. The molecule has 35 heavy (non-hydrogen) atoms. The Morgan fingerprint density at radius 2 is 1.40 bits per heavy atom. The molecule has 2 aromatic carbocycles. The van der Waals surface area contributed by atoms with Gasteiger partial charge in [0.2, 0.25) is 30.8 Å². The quantitative estimate of drug-likeness (QED) is 0.193. The molecule has 15 heteroatoms.